The summed E-state index contributed by atoms with van der Waals surface area (Å²) in [5.74, 6) is -1.11. The van der Waals surface area contributed by atoms with Crippen LogP contribution in [0.3, 0.4) is 0 Å². The van der Waals surface area contributed by atoms with Gasteiger partial charge in [-0.3, -0.25) is 0 Å². The first-order chi connectivity index (χ1) is 7.59. The molecule has 0 aliphatic rings. The van der Waals surface area contributed by atoms with Crippen LogP contribution in [0.25, 0.3) is 5.69 Å². The molecule has 0 spiro atoms. The summed E-state index contributed by atoms with van der Waals surface area (Å²) in [6, 6.07) is 7.55. The number of aromatic nitrogens is 3. The molecule has 0 unspecified atom stereocenters. The molecule has 1 aromatic carbocycles. The lowest BCUT2D eigenvalue weighted by Gasteiger charge is -2.02. The van der Waals surface area contributed by atoms with E-state index in [0.717, 1.165) is 11.3 Å². The van der Waals surface area contributed by atoms with Crippen molar-refractivity contribution < 1.29 is 9.90 Å². The Morgan fingerprint density at radius 1 is 1.50 bits per heavy atom. The Kier molecular flexibility index (Phi) is 2.74. The van der Waals surface area contributed by atoms with Gasteiger partial charge in [-0.15, -0.1) is 5.10 Å². The fourth-order valence-corrected chi connectivity index (χ4v) is 1.85. The van der Waals surface area contributed by atoms with E-state index in [1.165, 1.54) is 4.68 Å². The van der Waals surface area contributed by atoms with Crippen molar-refractivity contribution in [3.63, 3.8) is 0 Å². The molecule has 2 rings (SSSR count). The van der Waals surface area contributed by atoms with Crippen LogP contribution in [0.2, 0.25) is 0 Å². The lowest BCUT2D eigenvalue weighted by Crippen LogP contribution is -1.99. The van der Waals surface area contributed by atoms with Gasteiger partial charge in [0.2, 0.25) is 5.69 Å². The summed E-state index contributed by atoms with van der Waals surface area (Å²) in [5.41, 5.74) is 1.74. The number of hydrogen-bond donors (Lipinski definition) is 1. The van der Waals surface area contributed by atoms with E-state index in [1.54, 1.807) is 0 Å². The Bertz CT molecular complexity index is 551. The Morgan fingerprint density at radius 3 is 2.81 bits per heavy atom. The first kappa shape index (κ1) is 10.8. The Hall–Kier alpha value is -1.69. The molecule has 1 aromatic heterocycles. The molecule has 5 nitrogen and oxygen atoms in total. The summed E-state index contributed by atoms with van der Waals surface area (Å²) in [6.45, 7) is 1.95. The molecule has 0 aliphatic heterocycles. The Morgan fingerprint density at radius 2 is 2.25 bits per heavy atom. The second-order valence-corrected chi connectivity index (χ2v) is 4.04. The normalized spacial score (nSPS) is 10.4. The number of rotatable bonds is 2. The van der Waals surface area contributed by atoms with E-state index in [4.69, 9.17) is 5.11 Å². The molecule has 0 atom stereocenters. The summed E-state index contributed by atoms with van der Waals surface area (Å²) in [7, 11) is 0. The molecule has 1 N–H and O–H groups in total. The van der Waals surface area contributed by atoms with Crippen LogP contribution in [0.4, 0.5) is 0 Å². The van der Waals surface area contributed by atoms with Crippen molar-refractivity contribution in [3.05, 3.63) is 40.1 Å². The SMILES string of the molecule is Cc1cccc(-n2nnc(C(=O)O)c2Br)c1. The van der Waals surface area contributed by atoms with Crippen molar-refractivity contribution in [1.82, 2.24) is 15.0 Å². The topological polar surface area (TPSA) is 68.0 Å². The van der Waals surface area contributed by atoms with Gasteiger partial charge < -0.3 is 5.11 Å². The summed E-state index contributed by atoms with van der Waals surface area (Å²) in [6.07, 6.45) is 0. The molecule has 0 fully saturated rings. The van der Waals surface area contributed by atoms with Crippen molar-refractivity contribution in [2.24, 2.45) is 0 Å². The van der Waals surface area contributed by atoms with Gasteiger partial charge in [-0.1, -0.05) is 17.3 Å². The van der Waals surface area contributed by atoms with Gasteiger partial charge in [0.15, 0.2) is 0 Å². The van der Waals surface area contributed by atoms with E-state index in [0.29, 0.717) is 4.60 Å². The molecule has 16 heavy (non-hydrogen) atoms. The average Bonchev–Trinajstić information content (AvgIpc) is 2.60. The average molecular weight is 282 g/mol. The number of carboxylic acids is 1. The molecular formula is C10H8BrN3O2. The number of nitrogens with zero attached hydrogens (tertiary/aromatic N) is 3. The second-order valence-electron chi connectivity index (χ2n) is 3.28. The number of aromatic carboxylic acids is 1. The van der Waals surface area contributed by atoms with Gasteiger partial charge in [0.05, 0.1) is 5.69 Å². The van der Waals surface area contributed by atoms with Crippen molar-refractivity contribution in [2.45, 2.75) is 6.92 Å². The smallest absolute Gasteiger partial charge is 0.359 e. The molecule has 0 aliphatic carbocycles. The quantitative estimate of drug-likeness (QED) is 0.915. The zero-order valence-corrected chi connectivity index (χ0v) is 9.97. The van der Waals surface area contributed by atoms with E-state index >= 15 is 0 Å². The maximum atomic E-state index is 10.8. The molecule has 1 heterocycles. The number of aryl methyl sites for hydroxylation is 1. The van der Waals surface area contributed by atoms with Crippen LogP contribution < -0.4 is 0 Å². The third-order valence-corrected chi connectivity index (χ3v) is 2.78. The Labute approximate surface area is 99.8 Å². The third kappa shape index (κ3) is 1.83. The van der Waals surface area contributed by atoms with E-state index in [1.807, 2.05) is 31.2 Å². The largest absolute Gasteiger partial charge is 0.476 e. The van der Waals surface area contributed by atoms with Crippen LogP contribution >= 0.6 is 15.9 Å². The molecule has 82 valence electrons. The highest BCUT2D eigenvalue weighted by atomic mass is 79.9. The minimum absolute atomic E-state index is 0.0958. The minimum atomic E-state index is -1.11. The van der Waals surface area contributed by atoms with Gasteiger partial charge in [0.25, 0.3) is 0 Å². The van der Waals surface area contributed by atoms with E-state index in [2.05, 4.69) is 26.2 Å². The molecular weight excluding hydrogens is 274 g/mol. The van der Waals surface area contributed by atoms with Gasteiger partial charge in [-0.25, -0.2) is 9.48 Å². The fourth-order valence-electron chi connectivity index (χ4n) is 1.33. The highest BCUT2D eigenvalue weighted by Crippen LogP contribution is 2.19. The molecule has 0 bridgehead atoms. The van der Waals surface area contributed by atoms with Crippen LogP contribution in [0.5, 0.6) is 0 Å². The monoisotopic (exact) mass is 281 g/mol. The highest BCUT2D eigenvalue weighted by molar-refractivity contribution is 9.10. The van der Waals surface area contributed by atoms with Crippen molar-refractivity contribution in [2.75, 3.05) is 0 Å². The van der Waals surface area contributed by atoms with Crippen LogP contribution in [0, 0.1) is 6.92 Å². The lowest BCUT2D eigenvalue weighted by atomic mass is 10.2. The van der Waals surface area contributed by atoms with Gasteiger partial charge in [0.1, 0.15) is 4.60 Å². The number of halogens is 1. The second kappa shape index (κ2) is 4.05. The first-order valence-corrected chi connectivity index (χ1v) is 5.30. The minimum Gasteiger partial charge on any atom is -0.476 e. The molecule has 0 saturated carbocycles. The van der Waals surface area contributed by atoms with E-state index in [-0.39, 0.29) is 5.69 Å². The third-order valence-electron chi connectivity index (χ3n) is 2.06. The van der Waals surface area contributed by atoms with Crippen LogP contribution in [0.1, 0.15) is 16.1 Å². The summed E-state index contributed by atoms with van der Waals surface area (Å²) in [4.78, 5) is 10.8. The van der Waals surface area contributed by atoms with Gasteiger partial charge >= 0.3 is 5.97 Å². The van der Waals surface area contributed by atoms with Crippen LogP contribution in [-0.4, -0.2) is 26.1 Å². The zero-order chi connectivity index (χ0) is 11.7. The molecule has 0 saturated heterocycles. The predicted molar refractivity (Wildman–Crippen MR) is 60.8 cm³/mol. The number of carboxylic acid groups (broad SMARTS) is 1. The van der Waals surface area contributed by atoms with Gasteiger partial charge in [0, 0.05) is 0 Å². The van der Waals surface area contributed by atoms with E-state index in [9.17, 15) is 4.79 Å². The van der Waals surface area contributed by atoms with Gasteiger partial charge in [-0.05, 0) is 40.5 Å². The lowest BCUT2D eigenvalue weighted by molar-refractivity contribution is 0.0689. The Balaban J connectivity index is 2.53. The molecule has 2 aromatic rings. The summed E-state index contributed by atoms with van der Waals surface area (Å²) < 4.78 is 1.78. The summed E-state index contributed by atoms with van der Waals surface area (Å²) in [5, 5.41) is 16.2. The maximum Gasteiger partial charge on any atom is 0.359 e. The maximum absolute atomic E-state index is 10.8. The van der Waals surface area contributed by atoms with Crippen molar-refractivity contribution >= 4 is 21.9 Å². The van der Waals surface area contributed by atoms with Crippen LogP contribution in [-0.2, 0) is 0 Å². The van der Waals surface area contributed by atoms with Gasteiger partial charge in [-0.2, -0.15) is 0 Å². The predicted octanol–water partition coefficient (Wildman–Crippen LogP) is 2.04. The van der Waals surface area contributed by atoms with Crippen molar-refractivity contribution in [1.29, 1.82) is 0 Å². The van der Waals surface area contributed by atoms with E-state index < -0.39 is 5.97 Å². The molecule has 0 amide bonds. The number of hydrogen-bond acceptors (Lipinski definition) is 3. The molecule has 0 radical (unpaired) electrons. The molecule has 6 heteroatoms. The highest BCUT2D eigenvalue weighted by Gasteiger charge is 2.17. The first-order valence-electron chi connectivity index (χ1n) is 4.51. The number of benzene rings is 1. The number of carbonyl (C=O) groups is 1. The standard InChI is InChI=1S/C10H8BrN3O2/c1-6-3-2-4-7(5-6)14-9(11)8(10(15)16)12-13-14/h2-5H,1H3,(H,15,16). The van der Waals surface area contributed by atoms with Crippen molar-refractivity contribution in [3.8, 4) is 5.69 Å². The zero-order valence-electron chi connectivity index (χ0n) is 8.38. The van der Waals surface area contributed by atoms with Crippen LogP contribution in [0.15, 0.2) is 28.9 Å². The summed E-state index contributed by atoms with van der Waals surface area (Å²) >= 11 is 3.17. The fraction of sp³-hybridized carbons (Fsp3) is 0.100.